The molecule has 0 bridgehead atoms. The average Bonchev–Trinajstić information content (AvgIpc) is 3.42. The van der Waals surface area contributed by atoms with E-state index < -0.39 is 92.7 Å². The standard InChI is InChI=1S/C61H114O15/c1-3-5-7-9-11-13-15-17-19-21-22-23-24-25-26-28-29-31-33-35-37-39-41-43-52(63)71-46-49(74-53(64)44-42-40-38-36-34-32-30-27-20-18-16-14-12-10-8-6-4-2)47-72-60-59(70)57(68)55(66)51(76-60)48-73-61-58(69)56(67)54(65)50(45-62)75-61/h35,37,49-51,54-62,65-70H,3-34,36,38-48H2,1-2H3/b37-35+/t49-,50+,51+,54-,55-,56?,57?,58?,59?,60+,61+/m0/s1. The maximum atomic E-state index is 13.1. The summed E-state index contributed by atoms with van der Waals surface area (Å²) in [4.78, 5) is 25.9. The topological polar surface area (TPSA) is 231 Å². The summed E-state index contributed by atoms with van der Waals surface area (Å²) in [7, 11) is 0. The van der Waals surface area contributed by atoms with Crippen LogP contribution in [0.15, 0.2) is 12.2 Å². The zero-order valence-electron chi connectivity index (χ0n) is 48.0. The highest BCUT2D eigenvalue weighted by Gasteiger charge is 2.47. The fraction of sp³-hybridized carbons (Fsp3) is 0.934. The molecule has 15 heteroatoms. The van der Waals surface area contributed by atoms with Crippen molar-refractivity contribution in [2.75, 3.05) is 26.4 Å². The lowest BCUT2D eigenvalue weighted by molar-refractivity contribution is -0.332. The molecule has 76 heavy (non-hydrogen) atoms. The monoisotopic (exact) mass is 1090 g/mol. The minimum Gasteiger partial charge on any atom is -0.462 e. The van der Waals surface area contributed by atoms with Gasteiger partial charge in [-0.25, -0.2) is 0 Å². The van der Waals surface area contributed by atoms with Crippen LogP contribution < -0.4 is 0 Å². The molecule has 0 aromatic heterocycles. The van der Waals surface area contributed by atoms with Crippen molar-refractivity contribution >= 4 is 11.9 Å². The minimum atomic E-state index is -1.77. The number of carbonyl (C=O) groups is 2. The number of hydrogen-bond acceptors (Lipinski definition) is 15. The van der Waals surface area contributed by atoms with Gasteiger partial charge in [0, 0.05) is 12.8 Å². The second-order valence-electron chi connectivity index (χ2n) is 22.2. The molecule has 2 rings (SSSR count). The number of esters is 2. The highest BCUT2D eigenvalue weighted by molar-refractivity contribution is 5.70. The lowest BCUT2D eigenvalue weighted by atomic mass is 9.98. The van der Waals surface area contributed by atoms with E-state index in [4.69, 9.17) is 28.4 Å². The number of aliphatic hydroxyl groups is 7. The summed E-state index contributed by atoms with van der Waals surface area (Å²) < 4.78 is 33.7. The molecule has 7 N–H and O–H groups in total. The molecule has 2 heterocycles. The number of rotatable bonds is 51. The van der Waals surface area contributed by atoms with Crippen molar-refractivity contribution in [3.05, 3.63) is 12.2 Å². The average molecular weight is 1090 g/mol. The summed E-state index contributed by atoms with van der Waals surface area (Å²) in [5.41, 5.74) is 0. The first kappa shape index (κ1) is 70.3. The second-order valence-corrected chi connectivity index (χ2v) is 22.2. The molecular formula is C61H114O15. The molecule has 0 aromatic rings. The molecule has 15 nitrogen and oxygen atoms in total. The molecule has 0 amide bonds. The third-order valence-corrected chi connectivity index (χ3v) is 15.2. The number of hydrogen-bond donors (Lipinski definition) is 7. The molecule has 2 aliphatic rings. The summed E-state index contributed by atoms with van der Waals surface area (Å²) >= 11 is 0. The predicted octanol–water partition coefficient (Wildman–Crippen LogP) is 11.3. The predicted molar refractivity (Wildman–Crippen MR) is 298 cm³/mol. The van der Waals surface area contributed by atoms with Gasteiger partial charge in [-0.05, 0) is 32.1 Å². The van der Waals surface area contributed by atoms with E-state index >= 15 is 0 Å². The highest BCUT2D eigenvalue weighted by atomic mass is 16.7. The Morgan fingerprint density at radius 3 is 1.20 bits per heavy atom. The fourth-order valence-corrected chi connectivity index (χ4v) is 10.2. The largest absolute Gasteiger partial charge is 0.462 e. The molecule has 0 spiro atoms. The molecule has 0 saturated carbocycles. The smallest absolute Gasteiger partial charge is 0.306 e. The van der Waals surface area contributed by atoms with Gasteiger partial charge in [0.2, 0.25) is 0 Å². The van der Waals surface area contributed by atoms with Gasteiger partial charge < -0.3 is 64.2 Å². The first-order chi connectivity index (χ1) is 37.0. The number of ether oxygens (including phenoxy) is 6. The first-order valence-corrected chi connectivity index (χ1v) is 31.3. The van der Waals surface area contributed by atoms with E-state index in [9.17, 15) is 45.3 Å². The molecule has 0 aromatic carbocycles. The highest BCUT2D eigenvalue weighted by Crippen LogP contribution is 2.27. The van der Waals surface area contributed by atoms with Gasteiger partial charge in [0.15, 0.2) is 18.7 Å². The lowest BCUT2D eigenvalue weighted by Gasteiger charge is -2.42. The van der Waals surface area contributed by atoms with Crippen LogP contribution >= 0.6 is 0 Å². The van der Waals surface area contributed by atoms with E-state index in [1.807, 2.05) is 0 Å². The summed E-state index contributed by atoms with van der Waals surface area (Å²) in [5, 5.41) is 72.3. The quantitative estimate of drug-likeness (QED) is 0.0171. The van der Waals surface area contributed by atoms with Crippen LogP contribution in [0.5, 0.6) is 0 Å². The van der Waals surface area contributed by atoms with Crippen LogP contribution in [0.25, 0.3) is 0 Å². The van der Waals surface area contributed by atoms with Crippen molar-refractivity contribution in [1.29, 1.82) is 0 Å². The zero-order chi connectivity index (χ0) is 55.3. The van der Waals surface area contributed by atoms with Crippen molar-refractivity contribution < 1.29 is 73.8 Å². The molecule has 0 aliphatic carbocycles. The molecule has 2 aliphatic heterocycles. The van der Waals surface area contributed by atoms with Gasteiger partial charge in [0.1, 0.15) is 55.4 Å². The van der Waals surface area contributed by atoms with Crippen LogP contribution in [0, 0.1) is 0 Å². The third kappa shape index (κ3) is 34.4. The van der Waals surface area contributed by atoms with E-state index in [1.165, 1.54) is 193 Å². The first-order valence-electron chi connectivity index (χ1n) is 31.3. The summed E-state index contributed by atoms with van der Waals surface area (Å²) in [5.74, 6) is -0.944. The normalized spacial score (nSPS) is 24.3. The van der Waals surface area contributed by atoms with Gasteiger partial charge in [0.05, 0.1) is 19.8 Å². The number of carbonyl (C=O) groups excluding carboxylic acids is 2. The molecule has 2 fully saturated rings. The van der Waals surface area contributed by atoms with Crippen LogP contribution in [0.1, 0.15) is 271 Å². The van der Waals surface area contributed by atoms with Gasteiger partial charge in [0.25, 0.3) is 0 Å². The van der Waals surface area contributed by atoms with Crippen molar-refractivity contribution in [2.24, 2.45) is 0 Å². The number of unbranched alkanes of at least 4 members (excludes halogenated alkanes) is 35. The zero-order valence-corrected chi connectivity index (χ0v) is 48.0. The van der Waals surface area contributed by atoms with Gasteiger partial charge in [-0.15, -0.1) is 0 Å². The maximum absolute atomic E-state index is 13.1. The molecule has 11 atom stereocenters. The van der Waals surface area contributed by atoms with Crippen molar-refractivity contribution in [3.63, 3.8) is 0 Å². The van der Waals surface area contributed by atoms with Gasteiger partial charge in [-0.1, -0.05) is 238 Å². The van der Waals surface area contributed by atoms with Crippen molar-refractivity contribution in [1.82, 2.24) is 0 Å². The Kier molecular flexibility index (Phi) is 44.4. The Labute approximate surface area is 460 Å². The fourth-order valence-electron chi connectivity index (χ4n) is 10.2. The number of aliphatic hydroxyl groups excluding tert-OH is 7. The van der Waals surface area contributed by atoms with E-state index in [-0.39, 0.29) is 26.1 Å². The molecule has 0 radical (unpaired) electrons. The van der Waals surface area contributed by atoms with Crippen LogP contribution in [-0.4, -0.2) is 142 Å². The minimum absolute atomic E-state index is 0.166. The summed E-state index contributed by atoms with van der Waals surface area (Å²) in [6.45, 7) is 2.63. The van der Waals surface area contributed by atoms with Crippen LogP contribution in [0.4, 0.5) is 0 Å². The van der Waals surface area contributed by atoms with E-state index in [0.717, 1.165) is 38.5 Å². The van der Waals surface area contributed by atoms with E-state index in [0.29, 0.717) is 12.8 Å². The SMILES string of the molecule is CCCCCCCCCCCCCCCCCCCC/C=C/CCCC(=O)OC[C@@H](CO[C@@H]1O[C@H](CO[C@@H]2O[C@H](CO)[C@H](O)C(O)C2O)[C@H](O)C(O)C1O)OC(=O)CCCCCCCCCCCCCCCCCCC. The van der Waals surface area contributed by atoms with Crippen molar-refractivity contribution in [2.45, 2.75) is 338 Å². The van der Waals surface area contributed by atoms with Crippen LogP contribution in [0.2, 0.25) is 0 Å². The summed E-state index contributed by atoms with van der Waals surface area (Å²) in [6.07, 6.45) is 35.3. The Balaban J connectivity index is 1.71. The maximum Gasteiger partial charge on any atom is 0.306 e. The summed E-state index contributed by atoms with van der Waals surface area (Å²) in [6, 6.07) is 0. The van der Waals surface area contributed by atoms with Crippen LogP contribution in [-0.2, 0) is 38.0 Å². The lowest BCUT2D eigenvalue weighted by Crippen LogP contribution is -2.61. The van der Waals surface area contributed by atoms with Gasteiger partial charge in [-0.2, -0.15) is 0 Å². The molecule has 4 unspecified atom stereocenters. The molecule has 448 valence electrons. The Hall–Kier alpha value is -1.76. The second kappa shape index (κ2) is 48.0. The Bertz CT molecular complexity index is 1370. The van der Waals surface area contributed by atoms with Gasteiger partial charge in [-0.3, -0.25) is 9.59 Å². The molecular weight excluding hydrogens is 973 g/mol. The van der Waals surface area contributed by atoms with Crippen molar-refractivity contribution in [3.8, 4) is 0 Å². The number of allylic oxidation sites excluding steroid dienone is 2. The molecule has 2 saturated heterocycles. The third-order valence-electron chi connectivity index (χ3n) is 15.2. The van der Waals surface area contributed by atoms with E-state index in [2.05, 4.69) is 26.0 Å². The van der Waals surface area contributed by atoms with Gasteiger partial charge >= 0.3 is 11.9 Å². The van der Waals surface area contributed by atoms with Crippen LogP contribution in [0.3, 0.4) is 0 Å². The Morgan fingerprint density at radius 2 is 0.763 bits per heavy atom. The Morgan fingerprint density at radius 1 is 0.408 bits per heavy atom. The van der Waals surface area contributed by atoms with E-state index in [1.54, 1.807) is 0 Å².